The number of hydrogen-bond donors (Lipinski definition) is 1. The number of ether oxygens (including phenoxy) is 2. The van der Waals surface area contributed by atoms with Crippen molar-refractivity contribution in [3.05, 3.63) is 56.7 Å². The quantitative estimate of drug-likeness (QED) is 0.557. The van der Waals surface area contributed by atoms with E-state index in [4.69, 9.17) is 9.47 Å². The molecule has 3 aromatic rings. The number of aryl methyl sites for hydroxylation is 2. The van der Waals surface area contributed by atoms with Crippen LogP contribution in [0.3, 0.4) is 0 Å². The molecule has 0 aliphatic carbocycles. The molecule has 1 N–H and O–H groups in total. The molecule has 0 atom stereocenters. The van der Waals surface area contributed by atoms with Crippen LogP contribution < -0.4 is 10.3 Å². The van der Waals surface area contributed by atoms with Gasteiger partial charge in [-0.25, -0.2) is 14.2 Å². The van der Waals surface area contributed by atoms with Gasteiger partial charge in [-0.15, -0.1) is 11.3 Å². The maximum atomic E-state index is 12.8. The zero-order chi connectivity index (χ0) is 18.0. The number of aromatic amines is 1. The topological polar surface area (TPSA) is 81.3 Å². The van der Waals surface area contributed by atoms with Crippen LogP contribution in [0.1, 0.15) is 21.1 Å². The van der Waals surface area contributed by atoms with Gasteiger partial charge in [0.25, 0.3) is 5.56 Å². The van der Waals surface area contributed by atoms with Gasteiger partial charge in [-0.1, -0.05) is 0 Å². The van der Waals surface area contributed by atoms with Gasteiger partial charge in [0.05, 0.1) is 5.39 Å². The first-order chi connectivity index (χ1) is 12.0. The van der Waals surface area contributed by atoms with Crippen LogP contribution in [-0.4, -0.2) is 29.2 Å². The van der Waals surface area contributed by atoms with Crippen molar-refractivity contribution in [3.63, 3.8) is 0 Å². The number of nitrogens with one attached hydrogen (secondary N) is 1. The van der Waals surface area contributed by atoms with Gasteiger partial charge in [-0.3, -0.25) is 4.79 Å². The number of thiophene rings is 1. The number of fused-ring (bicyclic) bond motifs is 1. The number of H-pyrrole nitrogens is 1. The lowest BCUT2D eigenvalue weighted by molar-refractivity contribution is 0.0455. The summed E-state index contributed by atoms with van der Waals surface area (Å²) in [5, 5.41) is 0.408. The summed E-state index contributed by atoms with van der Waals surface area (Å²) in [6.07, 6.45) is 0. The Hall–Kier alpha value is -2.74. The molecule has 25 heavy (non-hydrogen) atoms. The Morgan fingerprint density at radius 2 is 1.96 bits per heavy atom. The van der Waals surface area contributed by atoms with E-state index in [9.17, 15) is 14.0 Å². The second kappa shape index (κ2) is 7.02. The first-order valence-corrected chi connectivity index (χ1v) is 8.33. The standard InChI is InChI=1S/C17H15FN2O4S/c1-9-13-15(21)19-10(2)20-16(13)25-14(9)17(22)24-8-7-23-12-5-3-11(18)4-6-12/h3-6H,7-8H2,1-2H3,(H,19,20,21). The second-order valence-electron chi connectivity index (χ2n) is 5.33. The van der Waals surface area contributed by atoms with Crippen LogP contribution in [0.4, 0.5) is 4.39 Å². The molecule has 2 heterocycles. The number of rotatable bonds is 5. The van der Waals surface area contributed by atoms with E-state index >= 15 is 0 Å². The number of benzene rings is 1. The third kappa shape index (κ3) is 3.69. The molecule has 0 aliphatic rings. The Morgan fingerprint density at radius 3 is 2.68 bits per heavy atom. The first-order valence-electron chi connectivity index (χ1n) is 7.51. The predicted octanol–water partition coefficient (Wildman–Crippen LogP) is 2.98. The van der Waals surface area contributed by atoms with Crippen molar-refractivity contribution in [2.24, 2.45) is 0 Å². The summed E-state index contributed by atoms with van der Waals surface area (Å²) < 4.78 is 23.3. The predicted molar refractivity (Wildman–Crippen MR) is 91.9 cm³/mol. The number of esters is 1. The summed E-state index contributed by atoms with van der Waals surface area (Å²) in [5.41, 5.74) is 0.285. The van der Waals surface area contributed by atoms with Crippen molar-refractivity contribution in [3.8, 4) is 5.75 Å². The highest BCUT2D eigenvalue weighted by molar-refractivity contribution is 7.20. The van der Waals surface area contributed by atoms with Crippen LogP contribution in [0.15, 0.2) is 29.1 Å². The fourth-order valence-electron chi connectivity index (χ4n) is 2.34. The van der Waals surface area contributed by atoms with Gasteiger partial charge < -0.3 is 14.5 Å². The lowest BCUT2D eigenvalue weighted by atomic mass is 10.2. The van der Waals surface area contributed by atoms with Gasteiger partial charge in [-0.2, -0.15) is 0 Å². The van der Waals surface area contributed by atoms with Crippen LogP contribution in [0, 0.1) is 19.7 Å². The van der Waals surface area contributed by atoms with E-state index in [1.165, 1.54) is 24.3 Å². The van der Waals surface area contributed by atoms with E-state index in [-0.39, 0.29) is 24.6 Å². The normalized spacial score (nSPS) is 10.8. The van der Waals surface area contributed by atoms with Crippen molar-refractivity contribution < 1.29 is 18.7 Å². The second-order valence-corrected chi connectivity index (χ2v) is 6.33. The lowest BCUT2D eigenvalue weighted by Gasteiger charge is -2.07. The molecule has 0 fully saturated rings. The van der Waals surface area contributed by atoms with Crippen LogP contribution in [0.5, 0.6) is 5.75 Å². The minimum absolute atomic E-state index is 0.0344. The molecule has 1 aromatic carbocycles. The molecule has 0 saturated heterocycles. The molecule has 0 saturated carbocycles. The molecule has 3 rings (SSSR count). The Labute approximate surface area is 146 Å². The van der Waals surface area contributed by atoms with E-state index in [1.807, 2.05) is 0 Å². The maximum absolute atomic E-state index is 12.8. The van der Waals surface area contributed by atoms with Gasteiger partial charge in [0.15, 0.2) is 0 Å². The van der Waals surface area contributed by atoms with E-state index in [0.717, 1.165) is 11.3 Å². The van der Waals surface area contributed by atoms with Gasteiger partial charge in [0, 0.05) is 0 Å². The van der Waals surface area contributed by atoms with Crippen molar-refractivity contribution in [2.45, 2.75) is 13.8 Å². The molecule has 6 nitrogen and oxygen atoms in total. The van der Waals surface area contributed by atoms with Gasteiger partial charge >= 0.3 is 5.97 Å². The monoisotopic (exact) mass is 362 g/mol. The molecular formula is C17H15FN2O4S. The number of carbonyl (C=O) groups excluding carboxylic acids is 1. The van der Waals surface area contributed by atoms with E-state index in [1.54, 1.807) is 13.8 Å². The molecule has 0 spiro atoms. The summed E-state index contributed by atoms with van der Waals surface area (Å²) in [5.74, 6) is 0.103. The Bertz CT molecular complexity index is 979. The summed E-state index contributed by atoms with van der Waals surface area (Å²) in [6, 6.07) is 5.56. The average molecular weight is 362 g/mol. The lowest BCUT2D eigenvalue weighted by Crippen LogP contribution is -2.13. The van der Waals surface area contributed by atoms with Gasteiger partial charge in [-0.05, 0) is 43.7 Å². The highest BCUT2D eigenvalue weighted by Crippen LogP contribution is 2.27. The van der Waals surface area contributed by atoms with Crippen molar-refractivity contribution in [1.29, 1.82) is 0 Å². The van der Waals surface area contributed by atoms with Crippen molar-refractivity contribution in [2.75, 3.05) is 13.2 Å². The van der Waals surface area contributed by atoms with E-state index < -0.39 is 5.97 Å². The number of carbonyl (C=O) groups is 1. The number of halogens is 1. The molecular weight excluding hydrogens is 347 g/mol. The third-order valence-electron chi connectivity index (χ3n) is 3.50. The van der Waals surface area contributed by atoms with Crippen LogP contribution in [0.25, 0.3) is 10.2 Å². The van der Waals surface area contributed by atoms with E-state index in [2.05, 4.69) is 9.97 Å². The first kappa shape index (κ1) is 17.1. The Balaban J connectivity index is 1.64. The molecule has 0 aliphatic heterocycles. The summed E-state index contributed by atoms with van der Waals surface area (Å²) in [4.78, 5) is 32.0. The Kier molecular flexibility index (Phi) is 4.80. The largest absolute Gasteiger partial charge is 0.490 e. The molecule has 0 amide bonds. The molecule has 0 bridgehead atoms. The zero-order valence-corrected chi connectivity index (χ0v) is 14.4. The number of hydrogen-bond acceptors (Lipinski definition) is 6. The highest BCUT2D eigenvalue weighted by Gasteiger charge is 2.20. The minimum atomic E-state index is -0.528. The maximum Gasteiger partial charge on any atom is 0.348 e. The van der Waals surface area contributed by atoms with Gasteiger partial charge in [0.1, 0.15) is 40.3 Å². The molecule has 130 valence electrons. The molecule has 2 aromatic heterocycles. The Morgan fingerprint density at radius 1 is 1.24 bits per heavy atom. The summed E-state index contributed by atoms with van der Waals surface area (Å²) in [6.45, 7) is 3.54. The van der Waals surface area contributed by atoms with Crippen LogP contribution in [-0.2, 0) is 4.74 Å². The smallest absolute Gasteiger partial charge is 0.348 e. The molecule has 8 heteroatoms. The van der Waals surface area contributed by atoms with Crippen molar-refractivity contribution in [1.82, 2.24) is 9.97 Å². The van der Waals surface area contributed by atoms with Crippen LogP contribution in [0.2, 0.25) is 0 Å². The SMILES string of the molecule is Cc1nc2sc(C(=O)OCCOc3ccc(F)cc3)c(C)c2c(=O)[nH]1. The van der Waals surface area contributed by atoms with Gasteiger partial charge in [0.2, 0.25) is 0 Å². The van der Waals surface area contributed by atoms with E-state index in [0.29, 0.717) is 32.2 Å². The highest BCUT2D eigenvalue weighted by atomic mass is 32.1. The molecule has 0 radical (unpaired) electrons. The van der Waals surface area contributed by atoms with Crippen molar-refractivity contribution >= 4 is 27.5 Å². The number of nitrogens with zero attached hydrogens (tertiary/aromatic N) is 1. The molecule has 0 unspecified atom stereocenters. The fourth-order valence-corrected chi connectivity index (χ4v) is 3.46. The third-order valence-corrected chi connectivity index (χ3v) is 4.67. The number of aromatic nitrogens is 2. The summed E-state index contributed by atoms with van der Waals surface area (Å²) >= 11 is 1.13. The summed E-state index contributed by atoms with van der Waals surface area (Å²) in [7, 11) is 0. The zero-order valence-electron chi connectivity index (χ0n) is 13.6. The van der Waals surface area contributed by atoms with Crippen LogP contribution >= 0.6 is 11.3 Å². The average Bonchev–Trinajstić information content (AvgIpc) is 2.90. The minimum Gasteiger partial charge on any atom is -0.490 e. The fraction of sp³-hybridized carbons (Fsp3) is 0.235.